The van der Waals surface area contributed by atoms with Crippen LogP contribution in [0.4, 0.5) is 4.79 Å². The van der Waals surface area contributed by atoms with E-state index in [1.807, 2.05) is 25.2 Å². The Bertz CT molecular complexity index is 514. The van der Waals surface area contributed by atoms with Gasteiger partial charge >= 0.3 is 6.03 Å². The summed E-state index contributed by atoms with van der Waals surface area (Å²) in [5.74, 6) is 0. The van der Waals surface area contributed by atoms with Gasteiger partial charge in [-0.1, -0.05) is 13.8 Å². The van der Waals surface area contributed by atoms with Crippen molar-refractivity contribution in [3.8, 4) is 0 Å². The van der Waals surface area contributed by atoms with Crippen LogP contribution in [0.1, 0.15) is 44.1 Å². The SMILES string of the molecule is CCC(O)(CC)CNC(=O)NCC(C)N1CCc2sccc2C1. The molecule has 130 valence electrons. The van der Waals surface area contributed by atoms with Crippen LogP contribution in [0.25, 0.3) is 0 Å². The zero-order valence-electron chi connectivity index (χ0n) is 14.4. The zero-order chi connectivity index (χ0) is 16.9. The van der Waals surface area contributed by atoms with Crippen molar-refractivity contribution < 1.29 is 9.90 Å². The Morgan fingerprint density at radius 3 is 2.87 bits per heavy atom. The van der Waals surface area contributed by atoms with E-state index in [2.05, 4.69) is 33.9 Å². The lowest BCUT2D eigenvalue weighted by atomic mass is 9.98. The van der Waals surface area contributed by atoms with E-state index < -0.39 is 5.60 Å². The van der Waals surface area contributed by atoms with Crippen molar-refractivity contribution in [2.75, 3.05) is 19.6 Å². The molecule has 1 aliphatic rings. The van der Waals surface area contributed by atoms with Gasteiger partial charge in [0.1, 0.15) is 0 Å². The maximum atomic E-state index is 11.9. The maximum absolute atomic E-state index is 11.9. The van der Waals surface area contributed by atoms with Crippen LogP contribution in [0, 0.1) is 0 Å². The van der Waals surface area contributed by atoms with Gasteiger partial charge in [-0.15, -0.1) is 11.3 Å². The summed E-state index contributed by atoms with van der Waals surface area (Å²) in [4.78, 5) is 15.8. The molecule has 3 N–H and O–H groups in total. The minimum atomic E-state index is -0.800. The number of urea groups is 1. The smallest absolute Gasteiger partial charge is 0.314 e. The molecule has 5 nitrogen and oxygen atoms in total. The fourth-order valence-electron chi connectivity index (χ4n) is 2.82. The summed E-state index contributed by atoms with van der Waals surface area (Å²) in [6.07, 6.45) is 2.37. The molecule has 1 unspecified atom stereocenters. The third kappa shape index (κ3) is 4.93. The molecule has 23 heavy (non-hydrogen) atoms. The van der Waals surface area contributed by atoms with Crippen LogP contribution in [0.5, 0.6) is 0 Å². The first-order valence-corrected chi connectivity index (χ1v) is 9.38. The van der Waals surface area contributed by atoms with Crippen LogP contribution in [0.3, 0.4) is 0 Å². The predicted molar refractivity (Wildman–Crippen MR) is 94.8 cm³/mol. The lowest BCUT2D eigenvalue weighted by Crippen LogP contribution is -2.49. The number of aliphatic hydroxyl groups is 1. The second-order valence-corrected chi connectivity index (χ2v) is 7.43. The van der Waals surface area contributed by atoms with Crippen molar-refractivity contribution in [3.63, 3.8) is 0 Å². The van der Waals surface area contributed by atoms with Gasteiger partial charge in [-0.05, 0) is 43.2 Å². The minimum absolute atomic E-state index is 0.203. The third-order valence-corrected chi connectivity index (χ3v) is 5.94. The molecule has 1 aromatic heterocycles. The average Bonchev–Trinajstić information content (AvgIpc) is 3.05. The topological polar surface area (TPSA) is 64.6 Å². The van der Waals surface area contributed by atoms with E-state index in [9.17, 15) is 9.90 Å². The first-order valence-electron chi connectivity index (χ1n) is 8.50. The highest BCUT2D eigenvalue weighted by molar-refractivity contribution is 7.10. The molecule has 0 fully saturated rings. The van der Waals surface area contributed by atoms with E-state index >= 15 is 0 Å². The third-order valence-electron chi connectivity index (χ3n) is 4.91. The van der Waals surface area contributed by atoms with Gasteiger partial charge in [0, 0.05) is 37.1 Å². The molecule has 0 radical (unpaired) electrons. The van der Waals surface area contributed by atoms with Gasteiger partial charge in [-0.25, -0.2) is 4.79 Å². The van der Waals surface area contributed by atoms with Gasteiger partial charge in [0.2, 0.25) is 0 Å². The highest BCUT2D eigenvalue weighted by atomic mass is 32.1. The largest absolute Gasteiger partial charge is 0.388 e. The van der Waals surface area contributed by atoms with Gasteiger partial charge < -0.3 is 15.7 Å². The van der Waals surface area contributed by atoms with Gasteiger partial charge in [0.15, 0.2) is 0 Å². The van der Waals surface area contributed by atoms with Crippen LogP contribution in [-0.4, -0.2) is 47.3 Å². The number of hydrogen-bond donors (Lipinski definition) is 3. The zero-order valence-corrected chi connectivity index (χ0v) is 15.2. The van der Waals surface area contributed by atoms with E-state index in [4.69, 9.17) is 0 Å². The van der Waals surface area contributed by atoms with Gasteiger partial charge in [0.05, 0.1) is 5.60 Å². The van der Waals surface area contributed by atoms with Crippen molar-refractivity contribution in [1.82, 2.24) is 15.5 Å². The molecule has 1 atom stereocenters. The normalized spacial score (nSPS) is 16.7. The van der Waals surface area contributed by atoms with Crippen LogP contribution in [-0.2, 0) is 13.0 Å². The Labute approximate surface area is 143 Å². The Kier molecular flexibility index (Phi) is 6.44. The van der Waals surface area contributed by atoms with E-state index in [-0.39, 0.29) is 6.03 Å². The molecule has 2 heterocycles. The molecule has 0 spiro atoms. The molecular formula is C17H29N3O2S. The predicted octanol–water partition coefficient (Wildman–Crippen LogP) is 2.34. The number of hydrogen-bond acceptors (Lipinski definition) is 4. The number of nitrogens with zero attached hydrogens (tertiary/aromatic N) is 1. The number of carbonyl (C=O) groups is 1. The lowest BCUT2D eigenvalue weighted by molar-refractivity contribution is 0.0349. The molecule has 2 rings (SSSR count). The summed E-state index contributed by atoms with van der Waals surface area (Å²) in [6, 6.07) is 2.30. The molecule has 1 aliphatic heterocycles. The maximum Gasteiger partial charge on any atom is 0.314 e. The molecule has 0 saturated heterocycles. The summed E-state index contributed by atoms with van der Waals surface area (Å²) >= 11 is 1.84. The van der Waals surface area contributed by atoms with Crippen LogP contribution in [0.2, 0.25) is 0 Å². The number of carbonyl (C=O) groups excluding carboxylic acids is 1. The van der Waals surface area contributed by atoms with Crippen LogP contribution < -0.4 is 10.6 Å². The van der Waals surface area contributed by atoms with Gasteiger partial charge in [0.25, 0.3) is 0 Å². The van der Waals surface area contributed by atoms with Crippen molar-refractivity contribution in [3.05, 3.63) is 21.9 Å². The van der Waals surface area contributed by atoms with E-state index in [0.29, 0.717) is 32.0 Å². The molecule has 6 heteroatoms. The molecule has 0 aliphatic carbocycles. The van der Waals surface area contributed by atoms with Crippen molar-refractivity contribution in [2.24, 2.45) is 0 Å². The summed E-state index contributed by atoms with van der Waals surface area (Å²) in [7, 11) is 0. The van der Waals surface area contributed by atoms with Gasteiger partial charge in [-0.2, -0.15) is 0 Å². The molecule has 2 amide bonds. The fourth-order valence-corrected chi connectivity index (χ4v) is 3.71. The summed E-state index contributed by atoms with van der Waals surface area (Å²) < 4.78 is 0. The second kappa shape index (κ2) is 8.13. The lowest BCUT2D eigenvalue weighted by Gasteiger charge is -2.32. The summed E-state index contributed by atoms with van der Waals surface area (Å²) in [5.41, 5.74) is 0.624. The molecule has 0 aromatic carbocycles. The average molecular weight is 340 g/mol. The van der Waals surface area contributed by atoms with Crippen molar-refractivity contribution >= 4 is 17.4 Å². The van der Waals surface area contributed by atoms with Gasteiger partial charge in [-0.3, -0.25) is 4.90 Å². The van der Waals surface area contributed by atoms with Crippen LogP contribution in [0.15, 0.2) is 11.4 Å². The number of nitrogens with one attached hydrogen (secondary N) is 2. The fraction of sp³-hybridized carbons (Fsp3) is 0.706. The summed E-state index contributed by atoms with van der Waals surface area (Å²) in [6.45, 7) is 8.93. The second-order valence-electron chi connectivity index (χ2n) is 6.43. The highest BCUT2D eigenvalue weighted by Gasteiger charge is 2.24. The molecule has 0 bridgehead atoms. The number of thiophene rings is 1. The van der Waals surface area contributed by atoms with Crippen molar-refractivity contribution in [1.29, 1.82) is 0 Å². The monoisotopic (exact) mass is 339 g/mol. The quantitative estimate of drug-likeness (QED) is 0.714. The number of amides is 2. The Hall–Kier alpha value is -1.11. The Morgan fingerprint density at radius 2 is 2.17 bits per heavy atom. The Balaban J connectivity index is 1.72. The number of fused-ring (bicyclic) bond motifs is 1. The Morgan fingerprint density at radius 1 is 1.43 bits per heavy atom. The van der Waals surface area contributed by atoms with E-state index in [1.165, 1.54) is 10.4 Å². The first kappa shape index (κ1) is 18.2. The highest BCUT2D eigenvalue weighted by Crippen LogP contribution is 2.24. The first-order chi connectivity index (χ1) is 11.0. The number of rotatable bonds is 7. The van der Waals surface area contributed by atoms with E-state index in [1.54, 1.807) is 0 Å². The molecular weight excluding hydrogens is 310 g/mol. The van der Waals surface area contributed by atoms with Crippen molar-refractivity contribution in [2.45, 2.75) is 58.2 Å². The van der Waals surface area contributed by atoms with E-state index in [0.717, 1.165) is 19.5 Å². The molecule has 0 saturated carbocycles. The minimum Gasteiger partial charge on any atom is -0.388 e. The standard InChI is InChI=1S/C17H29N3O2S/c1-4-17(22,5-2)12-19-16(21)18-10-13(3)20-8-6-15-14(11-20)7-9-23-15/h7,9,13,22H,4-6,8,10-12H2,1-3H3,(H2,18,19,21). The molecule has 1 aromatic rings. The van der Waals surface area contributed by atoms with Crippen LogP contribution >= 0.6 is 11.3 Å². The summed E-state index contributed by atoms with van der Waals surface area (Å²) in [5, 5.41) is 18.0.